The molecule has 0 spiro atoms. The van der Waals surface area contributed by atoms with Gasteiger partial charge in [0.05, 0.1) is 11.0 Å². The highest BCUT2D eigenvalue weighted by atomic mass is 79.9. The summed E-state index contributed by atoms with van der Waals surface area (Å²) in [6.45, 7) is 6.99. The van der Waals surface area contributed by atoms with Crippen molar-refractivity contribution in [1.29, 1.82) is 0 Å². The van der Waals surface area contributed by atoms with Crippen LogP contribution in [-0.4, -0.2) is 9.97 Å². The number of ether oxygens (including phenoxy) is 1. The van der Waals surface area contributed by atoms with Gasteiger partial charge in [0.25, 0.3) is 0 Å². The zero-order valence-corrected chi connectivity index (χ0v) is 11.7. The molecule has 0 amide bonds. The van der Waals surface area contributed by atoms with E-state index in [2.05, 4.69) is 30.7 Å². The van der Waals surface area contributed by atoms with E-state index in [4.69, 9.17) is 22.9 Å². The maximum absolute atomic E-state index is 13.2. The van der Waals surface area contributed by atoms with Crippen LogP contribution in [0.1, 0.15) is 5.56 Å². The summed E-state index contributed by atoms with van der Waals surface area (Å²) in [5, 5.41) is 0.0687. The van der Waals surface area contributed by atoms with Crippen LogP contribution in [0, 0.1) is 12.4 Å². The van der Waals surface area contributed by atoms with E-state index in [1.807, 2.05) is 0 Å². The molecule has 2 aromatic rings. The van der Waals surface area contributed by atoms with Crippen molar-refractivity contribution in [2.24, 2.45) is 0 Å². The molecular formula is C12H6BrClFN3O. The Hall–Kier alpha value is -1.71. The molecule has 1 aromatic heterocycles. The molecule has 4 nitrogen and oxygen atoms in total. The van der Waals surface area contributed by atoms with Crippen LogP contribution in [0.5, 0.6) is 5.88 Å². The zero-order valence-electron chi connectivity index (χ0n) is 9.40. The van der Waals surface area contributed by atoms with Crippen LogP contribution in [0.4, 0.5) is 10.1 Å². The summed E-state index contributed by atoms with van der Waals surface area (Å²) >= 11 is 8.88. The third kappa shape index (κ3) is 3.40. The van der Waals surface area contributed by atoms with Crippen LogP contribution in [0.15, 0.2) is 28.9 Å². The number of nitrogens with zero attached hydrogens (tertiary/aromatic N) is 3. The first kappa shape index (κ1) is 13.7. The minimum atomic E-state index is -0.551. The number of benzene rings is 1. The van der Waals surface area contributed by atoms with E-state index in [-0.39, 0.29) is 23.5 Å². The minimum Gasteiger partial charge on any atom is -0.472 e. The summed E-state index contributed by atoms with van der Waals surface area (Å²) in [5.74, 6) is -0.265. The Morgan fingerprint density at radius 2 is 2.26 bits per heavy atom. The van der Waals surface area contributed by atoms with Crippen LogP contribution in [-0.2, 0) is 6.61 Å². The highest BCUT2D eigenvalue weighted by Gasteiger charge is 2.07. The molecule has 0 unspecified atom stereocenters. The first-order valence-corrected chi connectivity index (χ1v) is 6.24. The predicted octanol–water partition coefficient (Wildman–Crippen LogP) is 4.16. The lowest BCUT2D eigenvalue weighted by atomic mass is 10.2. The lowest BCUT2D eigenvalue weighted by Crippen LogP contribution is -1.99. The largest absolute Gasteiger partial charge is 0.472 e. The fraction of sp³-hybridized carbons (Fsp3) is 0.0833. The molecule has 7 heteroatoms. The molecule has 1 aromatic carbocycles. The van der Waals surface area contributed by atoms with Gasteiger partial charge in [0.15, 0.2) is 0 Å². The predicted molar refractivity (Wildman–Crippen MR) is 71.7 cm³/mol. The molecule has 0 radical (unpaired) electrons. The van der Waals surface area contributed by atoms with E-state index in [0.29, 0.717) is 10.0 Å². The first-order chi connectivity index (χ1) is 9.10. The Balaban J connectivity index is 2.15. The quantitative estimate of drug-likeness (QED) is 0.621. The van der Waals surface area contributed by atoms with Gasteiger partial charge >= 0.3 is 0 Å². The van der Waals surface area contributed by atoms with Gasteiger partial charge in [-0.15, -0.1) is 0 Å². The molecule has 1 heterocycles. The molecule has 0 saturated heterocycles. The second-order valence-corrected chi connectivity index (χ2v) is 4.67. The molecule has 2 rings (SSSR count). The van der Waals surface area contributed by atoms with Gasteiger partial charge in [0.1, 0.15) is 12.4 Å². The smallest absolute Gasteiger partial charge is 0.232 e. The van der Waals surface area contributed by atoms with E-state index in [1.54, 1.807) is 6.07 Å². The molecule has 0 aliphatic carbocycles. The maximum atomic E-state index is 13.2. The summed E-state index contributed by atoms with van der Waals surface area (Å²) in [5.41, 5.74) is 0.620. The van der Waals surface area contributed by atoms with Gasteiger partial charge in [-0.2, -0.15) is 4.98 Å². The fourth-order valence-electron chi connectivity index (χ4n) is 1.32. The normalized spacial score (nSPS) is 10.0. The zero-order chi connectivity index (χ0) is 13.8. The van der Waals surface area contributed by atoms with Gasteiger partial charge in [-0.3, -0.25) is 0 Å². The number of rotatable bonds is 3. The Kier molecular flexibility index (Phi) is 4.30. The second kappa shape index (κ2) is 5.95. The third-order valence-corrected chi connectivity index (χ3v) is 2.92. The molecule has 19 heavy (non-hydrogen) atoms. The fourth-order valence-corrected chi connectivity index (χ4v) is 1.75. The molecule has 0 bridgehead atoms. The van der Waals surface area contributed by atoms with Gasteiger partial charge < -0.3 is 4.74 Å². The van der Waals surface area contributed by atoms with Crippen molar-refractivity contribution in [3.63, 3.8) is 0 Å². The van der Waals surface area contributed by atoms with Gasteiger partial charge in [0, 0.05) is 6.20 Å². The van der Waals surface area contributed by atoms with Crippen molar-refractivity contribution in [2.45, 2.75) is 6.61 Å². The Morgan fingerprint density at radius 3 is 3.00 bits per heavy atom. The van der Waals surface area contributed by atoms with Crippen molar-refractivity contribution >= 4 is 33.2 Å². The summed E-state index contributed by atoms with van der Waals surface area (Å²) in [7, 11) is 0. The van der Waals surface area contributed by atoms with Crippen LogP contribution in [0.25, 0.3) is 4.85 Å². The molecule has 0 N–H and O–H groups in total. The van der Waals surface area contributed by atoms with Crippen LogP contribution < -0.4 is 4.74 Å². The molecule has 0 aliphatic heterocycles. The maximum Gasteiger partial charge on any atom is 0.232 e. The lowest BCUT2D eigenvalue weighted by molar-refractivity contribution is 0.291. The molecule has 0 fully saturated rings. The molecular weight excluding hydrogens is 337 g/mol. The monoisotopic (exact) mass is 341 g/mol. The minimum absolute atomic E-state index is 0.0408. The second-order valence-electron chi connectivity index (χ2n) is 3.48. The van der Waals surface area contributed by atoms with Crippen molar-refractivity contribution < 1.29 is 9.13 Å². The van der Waals surface area contributed by atoms with Crippen LogP contribution in [0.2, 0.25) is 5.28 Å². The van der Waals surface area contributed by atoms with Gasteiger partial charge in [-0.1, -0.05) is 6.07 Å². The van der Waals surface area contributed by atoms with Gasteiger partial charge in [-0.25, -0.2) is 14.2 Å². The van der Waals surface area contributed by atoms with Crippen LogP contribution in [0.3, 0.4) is 0 Å². The highest BCUT2D eigenvalue weighted by molar-refractivity contribution is 9.10. The van der Waals surface area contributed by atoms with E-state index in [0.717, 1.165) is 0 Å². The Bertz CT molecular complexity index is 660. The summed E-state index contributed by atoms with van der Waals surface area (Å²) in [6.07, 6.45) is 1.47. The Morgan fingerprint density at radius 1 is 1.47 bits per heavy atom. The molecule has 0 atom stereocenters. The third-order valence-electron chi connectivity index (χ3n) is 2.19. The van der Waals surface area contributed by atoms with Gasteiger partial charge in [-0.05, 0) is 45.2 Å². The van der Waals surface area contributed by atoms with E-state index < -0.39 is 5.82 Å². The topological polar surface area (TPSA) is 39.4 Å². The van der Waals surface area contributed by atoms with Crippen molar-refractivity contribution in [1.82, 2.24) is 9.97 Å². The number of halogens is 3. The average Bonchev–Trinajstić information content (AvgIpc) is 2.41. The number of hydrogen-bond donors (Lipinski definition) is 0. The van der Waals surface area contributed by atoms with E-state index >= 15 is 0 Å². The number of aromatic nitrogens is 2. The standard InChI is InChI=1S/C12H6BrClFN3O/c1-16-10-4-7(2-3-9(10)15)6-19-11-8(13)5-17-12(14)18-11/h2-5H,6H2. The molecule has 96 valence electrons. The average molecular weight is 343 g/mol. The van der Waals surface area contributed by atoms with Gasteiger partial charge in [0.2, 0.25) is 16.9 Å². The number of hydrogen-bond acceptors (Lipinski definition) is 3. The van der Waals surface area contributed by atoms with E-state index in [1.165, 1.54) is 18.3 Å². The molecule has 0 aliphatic rings. The summed E-state index contributed by atoms with van der Waals surface area (Å²) in [6, 6.07) is 4.20. The highest BCUT2D eigenvalue weighted by Crippen LogP contribution is 2.24. The van der Waals surface area contributed by atoms with Crippen LogP contribution >= 0.6 is 27.5 Å². The first-order valence-electron chi connectivity index (χ1n) is 5.07. The molecule has 0 saturated carbocycles. The summed E-state index contributed by atoms with van der Waals surface area (Å²) in [4.78, 5) is 10.8. The van der Waals surface area contributed by atoms with E-state index in [9.17, 15) is 4.39 Å². The Labute approximate surface area is 122 Å². The van der Waals surface area contributed by atoms with Crippen molar-refractivity contribution in [3.05, 3.63) is 57.0 Å². The summed E-state index contributed by atoms with van der Waals surface area (Å²) < 4.78 is 19.1. The lowest BCUT2D eigenvalue weighted by Gasteiger charge is -2.07. The van der Waals surface area contributed by atoms with Crippen molar-refractivity contribution in [3.8, 4) is 5.88 Å². The van der Waals surface area contributed by atoms with Crippen molar-refractivity contribution in [2.75, 3.05) is 0 Å². The SMILES string of the molecule is [C-]#[N+]c1cc(COc2nc(Cl)ncc2Br)ccc1F.